The van der Waals surface area contributed by atoms with E-state index < -0.39 is 5.67 Å². The minimum atomic E-state index is -1.41. The summed E-state index contributed by atoms with van der Waals surface area (Å²) >= 11 is 0. The molecule has 2 N–H and O–H groups in total. The van der Waals surface area contributed by atoms with Gasteiger partial charge in [0.15, 0.2) is 0 Å². The lowest BCUT2D eigenvalue weighted by molar-refractivity contribution is 0.221. The fourth-order valence-electron chi connectivity index (χ4n) is 3.79. The summed E-state index contributed by atoms with van der Waals surface area (Å²) in [7, 11) is 0. The average Bonchev–Trinajstić information content (AvgIpc) is 2.80. The summed E-state index contributed by atoms with van der Waals surface area (Å²) in [6, 6.07) is 19.8. The molecule has 4 rings (SSSR count). The minimum Gasteiger partial charge on any atom is -0.368 e. The van der Waals surface area contributed by atoms with Crippen molar-refractivity contribution in [1.29, 1.82) is 5.26 Å². The number of anilines is 1. The number of nitrogens with two attached hydrogens (primary N) is 1. The molecule has 2 heterocycles. The Labute approximate surface area is 197 Å². The van der Waals surface area contributed by atoms with Crippen LogP contribution in [0.4, 0.5) is 10.3 Å². The molecule has 0 aliphatic rings. The number of nitrogens with zero attached hydrogens (tertiary/aromatic N) is 4. The molecule has 0 bridgehead atoms. The summed E-state index contributed by atoms with van der Waals surface area (Å²) in [6.45, 7) is 5.24. The second-order valence-corrected chi connectivity index (χ2v) is 8.64. The van der Waals surface area contributed by atoms with E-state index in [4.69, 9.17) is 5.73 Å². The molecule has 0 unspecified atom stereocenters. The van der Waals surface area contributed by atoms with Crippen molar-refractivity contribution in [2.75, 3.05) is 5.73 Å². The predicted octanol–water partition coefficient (Wildman–Crippen LogP) is 4.99. The van der Waals surface area contributed by atoms with E-state index in [1.165, 1.54) is 19.9 Å². The zero-order chi connectivity index (χ0) is 24.5. The Morgan fingerprint density at radius 1 is 1.06 bits per heavy atom. The first kappa shape index (κ1) is 22.9. The molecule has 0 saturated carbocycles. The molecule has 4 aromatic rings. The zero-order valence-electron chi connectivity index (χ0n) is 19.2. The Hall–Kier alpha value is -4.31. The van der Waals surface area contributed by atoms with Crippen molar-refractivity contribution in [2.45, 2.75) is 33.0 Å². The summed E-state index contributed by atoms with van der Waals surface area (Å²) in [4.78, 5) is 21.5. The number of halogens is 1. The lowest BCUT2D eigenvalue weighted by Gasteiger charge is -2.15. The van der Waals surface area contributed by atoms with Crippen molar-refractivity contribution in [3.05, 3.63) is 99.5 Å². The summed E-state index contributed by atoms with van der Waals surface area (Å²) in [5.74, 6) is 0.0781. The molecule has 6 nitrogen and oxygen atoms in total. The largest absolute Gasteiger partial charge is 0.368 e. The maximum Gasteiger partial charge on any atom is 0.251 e. The van der Waals surface area contributed by atoms with E-state index in [-0.39, 0.29) is 11.5 Å². The monoisotopic (exact) mass is 453 g/mol. The van der Waals surface area contributed by atoms with E-state index in [1.807, 2.05) is 25.1 Å². The van der Waals surface area contributed by atoms with Crippen LogP contribution >= 0.6 is 0 Å². The lowest BCUT2D eigenvalue weighted by atomic mass is 9.99. The molecular weight excluding hydrogens is 429 g/mol. The Bertz CT molecular complexity index is 1460. The molecule has 7 heteroatoms. The number of hydrogen-bond acceptors (Lipinski definition) is 5. The van der Waals surface area contributed by atoms with Crippen molar-refractivity contribution in [1.82, 2.24) is 14.5 Å². The van der Waals surface area contributed by atoms with Gasteiger partial charge in [0.25, 0.3) is 5.56 Å². The molecule has 0 saturated heterocycles. The Morgan fingerprint density at radius 3 is 2.41 bits per heavy atom. The van der Waals surface area contributed by atoms with Crippen LogP contribution in [0.5, 0.6) is 0 Å². The number of aromatic nitrogens is 3. The number of pyridine rings is 1. The fraction of sp³-hybridized carbons (Fsp3) is 0.185. The zero-order valence-corrected chi connectivity index (χ0v) is 19.2. The molecule has 34 heavy (non-hydrogen) atoms. The molecule has 0 aliphatic heterocycles. The van der Waals surface area contributed by atoms with Gasteiger partial charge in [0, 0.05) is 23.4 Å². The summed E-state index contributed by atoms with van der Waals surface area (Å²) < 4.78 is 15.7. The molecule has 0 atom stereocenters. The molecule has 0 amide bonds. The van der Waals surface area contributed by atoms with Crippen LogP contribution in [0.15, 0.2) is 71.7 Å². The van der Waals surface area contributed by atoms with E-state index >= 15 is 0 Å². The van der Waals surface area contributed by atoms with Crippen molar-refractivity contribution >= 4 is 5.95 Å². The molecule has 2 aromatic carbocycles. The number of nitrogen functional groups attached to an aromatic ring is 1. The van der Waals surface area contributed by atoms with Crippen molar-refractivity contribution in [3.63, 3.8) is 0 Å². The van der Waals surface area contributed by atoms with Crippen LogP contribution in [0.1, 0.15) is 36.1 Å². The SMILES string of the molecule is Cc1c(C#N)cccc1-c1cc(-c2ccn(Cc3ccc(C(C)(C)F)cc3)c(=O)c2)nc(N)n1. The first-order chi connectivity index (χ1) is 16.2. The van der Waals surface area contributed by atoms with Crippen LogP contribution in [0.3, 0.4) is 0 Å². The van der Waals surface area contributed by atoms with Gasteiger partial charge >= 0.3 is 0 Å². The normalized spacial score (nSPS) is 11.3. The van der Waals surface area contributed by atoms with Gasteiger partial charge in [-0.3, -0.25) is 4.79 Å². The number of benzene rings is 2. The molecule has 2 aromatic heterocycles. The van der Waals surface area contributed by atoms with Crippen LogP contribution in [0.2, 0.25) is 0 Å². The summed E-state index contributed by atoms with van der Waals surface area (Å²) in [6.07, 6.45) is 1.70. The second kappa shape index (κ2) is 8.91. The fourth-order valence-corrected chi connectivity index (χ4v) is 3.79. The van der Waals surface area contributed by atoms with E-state index in [1.54, 1.807) is 47.2 Å². The quantitative estimate of drug-likeness (QED) is 0.459. The molecule has 0 radical (unpaired) electrons. The standard InChI is InChI=1S/C27H24FN5O/c1-17-20(15-29)5-4-6-22(17)24-14-23(31-26(30)32-24)19-11-12-33(25(34)13-19)16-18-7-9-21(10-8-18)27(2,3)28/h4-14H,16H2,1-3H3,(H2,30,31,32). The second-order valence-electron chi connectivity index (χ2n) is 8.64. The number of hydrogen-bond donors (Lipinski definition) is 1. The highest BCUT2D eigenvalue weighted by molar-refractivity contribution is 5.72. The Morgan fingerprint density at radius 2 is 1.76 bits per heavy atom. The molecule has 170 valence electrons. The predicted molar refractivity (Wildman–Crippen MR) is 131 cm³/mol. The van der Waals surface area contributed by atoms with Gasteiger partial charge in [-0.25, -0.2) is 14.4 Å². The molecular formula is C27H24FN5O. The minimum absolute atomic E-state index is 0.0781. The molecule has 0 fully saturated rings. The van der Waals surface area contributed by atoms with Gasteiger partial charge < -0.3 is 10.3 Å². The van der Waals surface area contributed by atoms with Crippen LogP contribution in [-0.4, -0.2) is 14.5 Å². The first-order valence-corrected chi connectivity index (χ1v) is 10.8. The van der Waals surface area contributed by atoms with Crippen molar-refractivity contribution in [3.8, 4) is 28.6 Å². The topological polar surface area (TPSA) is 97.6 Å². The van der Waals surface area contributed by atoms with Crippen LogP contribution < -0.4 is 11.3 Å². The Balaban J connectivity index is 1.65. The third-order valence-electron chi connectivity index (χ3n) is 5.76. The average molecular weight is 454 g/mol. The van der Waals surface area contributed by atoms with Gasteiger partial charge in [-0.1, -0.05) is 36.4 Å². The number of alkyl halides is 1. The van der Waals surface area contributed by atoms with Crippen molar-refractivity contribution < 1.29 is 4.39 Å². The maximum absolute atomic E-state index is 14.1. The molecule has 0 spiro atoms. The highest BCUT2D eigenvalue weighted by atomic mass is 19.1. The van der Waals surface area contributed by atoms with Gasteiger partial charge in [0.1, 0.15) is 5.67 Å². The van der Waals surface area contributed by atoms with Crippen LogP contribution in [0, 0.1) is 18.3 Å². The number of nitriles is 1. The first-order valence-electron chi connectivity index (χ1n) is 10.8. The van der Waals surface area contributed by atoms with Crippen molar-refractivity contribution in [2.24, 2.45) is 0 Å². The third-order valence-corrected chi connectivity index (χ3v) is 5.76. The van der Waals surface area contributed by atoms with Crippen LogP contribution in [0.25, 0.3) is 22.5 Å². The van der Waals surface area contributed by atoms with E-state index in [2.05, 4.69) is 16.0 Å². The van der Waals surface area contributed by atoms with Gasteiger partial charge in [-0.15, -0.1) is 0 Å². The molecule has 0 aliphatic carbocycles. The number of rotatable bonds is 5. The van der Waals surface area contributed by atoms with Gasteiger partial charge in [0.2, 0.25) is 5.95 Å². The highest BCUT2D eigenvalue weighted by Gasteiger charge is 2.18. The van der Waals surface area contributed by atoms with Gasteiger partial charge in [-0.2, -0.15) is 5.26 Å². The Kier molecular flexibility index (Phi) is 5.99. The van der Waals surface area contributed by atoms with Gasteiger partial charge in [-0.05, 0) is 55.7 Å². The van der Waals surface area contributed by atoms with E-state index in [9.17, 15) is 14.4 Å². The maximum atomic E-state index is 14.1. The summed E-state index contributed by atoms with van der Waals surface area (Å²) in [5.41, 5.74) is 9.68. The summed E-state index contributed by atoms with van der Waals surface area (Å²) in [5, 5.41) is 9.33. The highest BCUT2D eigenvalue weighted by Crippen LogP contribution is 2.28. The van der Waals surface area contributed by atoms with E-state index in [0.29, 0.717) is 34.6 Å². The lowest BCUT2D eigenvalue weighted by Crippen LogP contribution is -2.19. The third kappa shape index (κ3) is 4.71. The van der Waals surface area contributed by atoms with Crippen LogP contribution in [-0.2, 0) is 12.2 Å². The smallest absolute Gasteiger partial charge is 0.251 e. The van der Waals surface area contributed by atoms with E-state index in [0.717, 1.165) is 16.7 Å². The van der Waals surface area contributed by atoms with Gasteiger partial charge in [0.05, 0.1) is 29.6 Å².